The van der Waals surface area contributed by atoms with Crippen molar-refractivity contribution in [3.8, 4) is 22.3 Å². The van der Waals surface area contributed by atoms with Crippen molar-refractivity contribution in [2.45, 2.75) is 32.8 Å². The second-order valence-corrected chi connectivity index (χ2v) is 8.80. The number of rotatable bonds is 8. The molecule has 0 unspecified atom stereocenters. The van der Waals surface area contributed by atoms with Crippen molar-refractivity contribution in [2.24, 2.45) is 0 Å². The third kappa shape index (κ3) is 4.62. The van der Waals surface area contributed by atoms with E-state index in [1.54, 1.807) is 17.8 Å². The average Bonchev–Trinajstić information content (AvgIpc) is 3.44. The Bertz CT molecular complexity index is 1310. The molecular weight excluding hydrogens is 450 g/mol. The molecule has 0 aromatic carbocycles. The standard InChI is InChI=1S/C24H25N7O2S/c1-4-5-17-13-26-22(27-14-17)30-10-7-18(8-11-30)16(2)33-24-29-31-15-20(28-23(31)34-24)19-6-9-25-21(12-19)32-3/h6-10,12-16H,4-5,11H2,1-3H3/t16-/m0/s1. The van der Waals surface area contributed by atoms with Gasteiger partial charge in [-0.25, -0.2) is 24.5 Å². The lowest BCUT2D eigenvalue weighted by molar-refractivity contribution is 0.256. The van der Waals surface area contributed by atoms with E-state index in [2.05, 4.69) is 38.0 Å². The molecule has 0 bridgehead atoms. The molecule has 0 amide bonds. The van der Waals surface area contributed by atoms with E-state index in [9.17, 15) is 0 Å². The van der Waals surface area contributed by atoms with Crippen molar-refractivity contribution >= 4 is 22.2 Å². The summed E-state index contributed by atoms with van der Waals surface area (Å²) < 4.78 is 13.0. The van der Waals surface area contributed by atoms with Gasteiger partial charge in [0.05, 0.1) is 19.0 Å². The molecule has 0 radical (unpaired) electrons. The van der Waals surface area contributed by atoms with Crippen LogP contribution in [-0.2, 0) is 6.42 Å². The number of nitrogens with zero attached hydrogens (tertiary/aromatic N) is 7. The number of methoxy groups -OCH3 is 1. The van der Waals surface area contributed by atoms with Gasteiger partial charge in [0.25, 0.3) is 5.19 Å². The summed E-state index contributed by atoms with van der Waals surface area (Å²) in [4.78, 5) is 20.6. The highest BCUT2D eigenvalue weighted by Gasteiger charge is 2.18. The van der Waals surface area contributed by atoms with E-state index in [0.717, 1.165) is 40.2 Å². The number of aromatic nitrogens is 6. The van der Waals surface area contributed by atoms with Gasteiger partial charge in [-0.05, 0) is 48.0 Å². The minimum Gasteiger partial charge on any atom is -0.481 e. The Labute approximate surface area is 201 Å². The van der Waals surface area contributed by atoms with Crippen LogP contribution in [0.25, 0.3) is 16.2 Å². The quantitative estimate of drug-likeness (QED) is 0.372. The monoisotopic (exact) mass is 475 g/mol. The van der Waals surface area contributed by atoms with E-state index in [4.69, 9.17) is 9.47 Å². The van der Waals surface area contributed by atoms with Crippen LogP contribution in [0, 0.1) is 0 Å². The van der Waals surface area contributed by atoms with Gasteiger partial charge in [-0.15, -0.1) is 5.10 Å². The zero-order valence-electron chi connectivity index (χ0n) is 19.3. The van der Waals surface area contributed by atoms with Crippen molar-refractivity contribution in [1.82, 2.24) is 29.5 Å². The number of hydrogen-bond acceptors (Lipinski definition) is 9. The molecule has 10 heteroatoms. The SMILES string of the molecule is CCCc1cnc(N2C=CC([C@H](C)Oc3nn4cc(-c5ccnc(OC)c5)nc4s3)=CC2)nc1. The van der Waals surface area contributed by atoms with Crippen LogP contribution in [0.3, 0.4) is 0 Å². The molecule has 0 aliphatic carbocycles. The topological polar surface area (TPSA) is 90.6 Å². The van der Waals surface area contributed by atoms with Gasteiger partial charge in [0.1, 0.15) is 6.10 Å². The average molecular weight is 476 g/mol. The Morgan fingerprint density at radius 3 is 2.76 bits per heavy atom. The molecule has 0 saturated carbocycles. The Kier molecular flexibility index (Phi) is 6.22. The van der Waals surface area contributed by atoms with Crippen LogP contribution < -0.4 is 14.4 Å². The van der Waals surface area contributed by atoms with Crippen LogP contribution in [0.2, 0.25) is 0 Å². The minimum absolute atomic E-state index is 0.147. The van der Waals surface area contributed by atoms with Crippen LogP contribution >= 0.6 is 11.3 Å². The van der Waals surface area contributed by atoms with Crippen molar-refractivity contribution in [3.05, 3.63) is 66.4 Å². The summed E-state index contributed by atoms with van der Waals surface area (Å²) >= 11 is 1.41. The number of ether oxygens (including phenoxy) is 2. The third-order valence-corrected chi connectivity index (χ3v) is 6.28. The van der Waals surface area contributed by atoms with Crippen LogP contribution in [0.1, 0.15) is 25.8 Å². The first-order chi connectivity index (χ1) is 16.6. The summed E-state index contributed by atoms with van der Waals surface area (Å²) in [7, 11) is 1.59. The van der Waals surface area contributed by atoms with Gasteiger partial charge >= 0.3 is 0 Å². The lowest BCUT2D eigenvalue weighted by Crippen LogP contribution is -2.24. The summed E-state index contributed by atoms with van der Waals surface area (Å²) in [5, 5.41) is 5.11. The first-order valence-corrected chi connectivity index (χ1v) is 11.9. The zero-order chi connectivity index (χ0) is 23.5. The fourth-order valence-corrected chi connectivity index (χ4v) is 4.45. The number of imidazole rings is 1. The molecule has 0 fully saturated rings. The first kappa shape index (κ1) is 22.0. The maximum Gasteiger partial charge on any atom is 0.294 e. The fourth-order valence-electron chi connectivity index (χ4n) is 3.64. The molecule has 1 aliphatic heterocycles. The normalized spacial score (nSPS) is 14.3. The molecule has 34 heavy (non-hydrogen) atoms. The Hall–Kier alpha value is -3.79. The summed E-state index contributed by atoms with van der Waals surface area (Å²) in [5.41, 5.74) is 3.97. The highest BCUT2D eigenvalue weighted by atomic mass is 32.1. The Morgan fingerprint density at radius 2 is 2.06 bits per heavy atom. The predicted octanol–water partition coefficient (Wildman–Crippen LogP) is 4.33. The molecule has 5 heterocycles. The van der Waals surface area contributed by atoms with E-state index in [0.29, 0.717) is 23.6 Å². The van der Waals surface area contributed by atoms with E-state index in [-0.39, 0.29) is 6.10 Å². The van der Waals surface area contributed by atoms with Crippen LogP contribution in [-0.4, -0.2) is 49.3 Å². The molecule has 5 rings (SSSR count). The second kappa shape index (κ2) is 9.60. The van der Waals surface area contributed by atoms with Crippen LogP contribution in [0.5, 0.6) is 11.1 Å². The van der Waals surface area contributed by atoms with E-state index in [1.165, 1.54) is 11.3 Å². The third-order valence-electron chi connectivity index (χ3n) is 5.47. The van der Waals surface area contributed by atoms with E-state index >= 15 is 0 Å². The summed E-state index contributed by atoms with van der Waals surface area (Å²) in [6.45, 7) is 4.85. The van der Waals surface area contributed by atoms with Gasteiger partial charge in [0.15, 0.2) is 0 Å². The molecule has 0 spiro atoms. The summed E-state index contributed by atoms with van der Waals surface area (Å²) in [5.74, 6) is 1.25. The molecule has 4 aromatic rings. The Morgan fingerprint density at radius 1 is 1.21 bits per heavy atom. The van der Waals surface area contributed by atoms with E-state index < -0.39 is 0 Å². The van der Waals surface area contributed by atoms with Crippen molar-refractivity contribution in [2.75, 3.05) is 18.6 Å². The van der Waals surface area contributed by atoms with Gasteiger partial charge < -0.3 is 14.4 Å². The highest BCUT2D eigenvalue weighted by Crippen LogP contribution is 2.28. The van der Waals surface area contributed by atoms with Gasteiger partial charge in [0.2, 0.25) is 16.8 Å². The molecular formula is C24H25N7O2S. The van der Waals surface area contributed by atoms with Gasteiger partial charge in [0, 0.05) is 43.0 Å². The highest BCUT2D eigenvalue weighted by molar-refractivity contribution is 7.18. The van der Waals surface area contributed by atoms with Crippen molar-refractivity contribution in [1.29, 1.82) is 0 Å². The molecule has 4 aromatic heterocycles. The fraction of sp³-hybridized carbons (Fsp3) is 0.292. The summed E-state index contributed by atoms with van der Waals surface area (Å²) in [6.07, 6.45) is 15.5. The zero-order valence-corrected chi connectivity index (χ0v) is 20.1. The predicted molar refractivity (Wildman–Crippen MR) is 131 cm³/mol. The molecule has 1 aliphatic rings. The van der Waals surface area contributed by atoms with Gasteiger partial charge in [-0.3, -0.25) is 0 Å². The lowest BCUT2D eigenvalue weighted by atomic mass is 10.1. The summed E-state index contributed by atoms with van der Waals surface area (Å²) in [6, 6.07) is 3.74. The smallest absolute Gasteiger partial charge is 0.294 e. The maximum absolute atomic E-state index is 6.11. The molecule has 9 nitrogen and oxygen atoms in total. The Balaban J connectivity index is 1.23. The largest absolute Gasteiger partial charge is 0.481 e. The number of fused-ring (bicyclic) bond motifs is 1. The van der Waals surface area contributed by atoms with Crippen LogP contribution in [0.15, 0.2) is 60.8 Å². The van der Waals surface area contributed by atoms with Crippen LogP contribution in [0.4, 0.5) is 5.95 Å². The lowest BCUT2D eigenvalue weighted by Gasteiger charge is -2.23. The molecule has 1 atom stereocenters. The van der Waals surface area contributed by atoms with Crippen molar-refractivity contribution in [3.63, 3.8) is 0 Å². The second-order valence-electron chi connectivity index (χ2n) is 7.88. The minimum atomic E-state index is -0.147. The molecule has 0 N–H and O–H groups in total. The number of anilines is 1. The van der Waals surface area contributed by atoms with Gasteiger partial charge in [-0.1, -0.05) is 19.4 Å². The first-order valence-electron chi connectivity index (χ1n) is 11.1. The molecule has 0 saturated heterocycles. The molecule has 174 valence electrons. The number of pyridine rings is 1. The number of hydrogen-bond donors (Lipinski definition) is 0. The van der Waals surface area contributed by atoms with E-state index in [1.807, 2.05) is 54.8 Å². The van der Waals surface area contributed by atoms with Gasteiger partial charge in [-0.2, -0.15) is 0 Å². The van der Waals surface area contributed by atoms with Crippen molar-refractivity contribution < 1.29 is 9.47 Å². The maximum atomic E-state index is 6.11. The number of aryl methyl sites for hydroxylation is 1.